The maximum Gasteiger partial charge on any atom is 0.101 e. The summed E-state index contributed by atoms with van der Waals surface area (Å²) in [5.41, 5.74) is 0. The molecule has 13 heavy (non-hydrogen) atoms. The van der Waals surface area contributed by atoms with Crippen LogP contribution in [-0.2, 0) is 0 Å². The van der Waals surface area contributed by atoms with Crippen LogP contribution in [0.1, 0.15) is 0 Å². The third kappa shape index (κ3) is 2.33. The molecule has 2 rings (SSSR count). The Labute approximate surface area is 81.8 Å². The highest BCUT2D eigenvalue weighted by Gasteiger charge is 1.94. The summed E-state index contributed by atoms with van der Waals surface area (Å²) in [5, 5.41) is 1.00. The number of rotatable bonds is 2. The maximum atomic E-state index is 4.18. The van der Waals surface area contributed by atoms with E-state index >= 15 is 0 Å². The van der Waals surface area contributed by atoms with Gasteiger partial charge < -0.3 is 0 Å². The molecule has 0 saturated heterocycles. The Bertz CT molecular complexity index is 321. The molecule has 2 heteroatoms. The summed E-state index contributed by atoms with van der Waals surface area (Å²) in [4.78, 5) is 5.39. The van der Waals surface area contributed by atoms with E-state index in [9.17, 15) is 0 Å². The summed E-state index contributed by atoms with van der Waals surface area (Å²) >= 11 is 1.66. The molecule has 0 fully saturated rings. The minimum absolute atomic E-state index is 1.00. The van der Waals surface area contributed by atoms with E-state index in [4.69, 9.17) is 0 Å². The Hall–Kier alpha value is -1.28. The highest BCUT2D eigenvalue weighted by atomic mass is 32.2. The summed E-state index contributed by atoms with van der Waals surface area (Å²) < 4.78 is 0. The molecule has 0 N–H and O–H groups in total. The molecule has 0 aliphatic rings. The van der Waals surface area contributed by atoms with Gasteiger partial charge in [0.1, 0.15) is 5.03 Å². The molecule has 1 heterocycles. The summed E-state index contributed by atoms with van der Waals surface area (Å²) in [6.45, 7) is 0. The molecule has 1 nitrogen and oxygen atoms in total. The van der Waals surface area contributed by atoms with Crippen molar-refractivity contribution >= 4 is 11.8 Å². The van der Waals surface area contributed by atoms with Gasteiger partial charge in [-0.3, -0.25) is 0 Å². The lowest BCUT2D eigenvalue weighted by molar-refractivity contribution is 1.13. The van der Waals surface area contributed by atoms with Crippen molar-refractivity contribution in [2.45, 2.75) is 9.92 Å². The lowest BCUT2D eigenvalue weighted by Gasteiger charge is -1.98. The lowest BCUT2D eigenvalue weighted by atomic mass is 10.4. The van der Waals surface area contributed by atoms with Crippen LogP contribution in [0.3, 0.4) is 0 Å². The quantitative estimate of drug-likeness (QED) is 0.715. The zero-order valence-electron chi connectivity index (χ0n) is 6.97. The van der Waals surface area contributed by atoms with Crippen LogP contribution in [0.15, 0.2) is 58.6 Å². The normalized spacial score (nSPS) is 9.85. The smallest absolute Gasteiger partial charge is 0.101 e. The molecule has 1 aromatic carbocycles. The van der Waals surface area contributed by atoms with Gasteiger partial charge in [-0.2, -0.15) is 0 Å². The van der Waals surface area contributed by atoms with E-state index < -0.39 is 0 Å². The van der Waals surface area contributed by atoms with Crippen LogP contribution in [0.2, 0.25) is 0 Å². The second kappa shape index (κ2) is 4.10. The summed E-state index contributed by atoms with van der Waals surface area (Å²) in [7, 11) is 0. The van der Waals surface area contributed by atoms with Crippen molar-refractivity contribution < 1.29 is 0 Å². The molecule has 0 aliphatic heterocycles. The first-order valence-corrected chi connectivity index (χ1v) is 4.82. The van der Waals surface area contributed by atoms with E-state index in [2.05, 4.69) is 23.2 Å². The first-order valence-electron chi connectivity index (χ1n) is 4.00. The molecule has 0 spiro atoms. The van der Waals surface area contributed by atoms with Crippen LogP contribution in [-0.4, -0.2) is 4.98 Å². The summed E-state index contributed by atoms with van der Waals surface area (Å²) in [6.07, 6.45) is 1.69. The van der Waals surface area contributed by atoms with Crippen LogP contribution in [0.25, 0.3) is 0 Å². The zero-order valence-corrected chi connectivity index (χ0v) is 7.79. The molecule has 2 aromatic rings. The van der Waals surface area contributed by atoms with Gasteiger partial charge in [0.15, 0.2) is 0 Å². The van der Waals surface area contributed by atoms with Crippen LogP contribution in [0.4, 0.5) is 0 Å². The molecule has 0 aliphatic carbocycles. The average Bonchev–Trinajstić information content (AvgIpc) is 2.21. The van der Waals surface area contributed by atoms with Crippen LogP contribution in [0, 0.1) is 6.07 Å². The van der Waals surface area contributed by atoms with E-state index in [1.807, 2.05) is 30.3 Å². The fourth-order valence-electron chi connectivity index (χ4n) is 0.976. The van der Waals surface area contributed by atoms with Crippen molar-refractivity contribution in [1.82, 2.24) is 4.98 Å². The van der Waals surface area contributed by atoms with Crippen molar-refractivity contribution in [3.8, 4) is 0 Å². The molecular weight excluding hydrogens is 178 g/mol. The summed E-state index contributed by atoms with van der Waals surface area (Å²) in [6, 6.07) is 16.9. The fourth-order valence-corrected chi connectivity index (χ4v) is 1.75. The first-order chi connectivity index (χ1) is 6.45. The Morgan fingerprint density at radius 1 is 1.08 bits per heavy atom. The van der Waals surface area contributed by atoms with Gasteiger partial charge in [0, 0.05) is 17.2 Å². The standard InChI is InChI=1S/C11H8NS/c1-2-6-10(7-3-1)13-11-8-4-5-9-12-11/h1-4,6-9H. The highest BCUT2D eigenvalue weighted by Crippen LogP contribution is 2.24. The van der Waals surface area contributed by atoms with Crippen molar-refractivity contribution in [3.05, 3.63) is 54.7 Å². The van der Waals surface area contributed by atoms with Crippen molar-refractivity contribution in [1.29, 1.82) is 0 Å². The van der Waals surface area contributed by atoms with Gasteiger partial charge in [0.25, 0.3) is 0 Å². The Balaban J connectivity index is 2.16. The third-order valence-corrected chi connectivity index (χ3v) is 2.51. The predicted molar refractivity (Wildman–Crippen MR) is 53.6 cm³/mol. The number of hydrogen-bond acceptors (Lipinski definition) is 2. The molecule has 0 bridgehead atoms. The van der Waals surface area contributed by atoms with Gasteiger partial charge in [0.05, 0.1) is 0 Å². The number of pyridine rings is 1. The molecule has 63 valence electrons. The molecule has 0 amide bonds. The predicted octanol–water partition coefficient (Wildman–Crippen LogP) is 3.03. The lowest BCUT2D eigenvalue weighted by Crippen LogP contribution is -1.76. The topological polar surface area (TPSA) is 12.9 Å². The number of nitrogens with zero attached hydrogens (tertiary/aromatic N) is 1. The van der Waals surface area contributed by atoms with Crippen LogP contribution in [0.5, 0.6) is 0 Å². The third-order valence-electron chi connectivity index (χ3n) is 1.55. The number of aromatic nitrogens is 1. The molecule has 1 aromatic heterocycles. The first kappa shape index (κ1) is 8.32. The molecular formula is C11H8NS. The Morgan fingerprint density at radius 2 is 1.92 bits per heavy atom. The molecule has 0 saturated carbocycles. The highest BCUT2D eigenvalue weighted by molar-refractivity contribution is 7.99. The zero-order chi connectivity index (χ0) is 8.93. The second-order valence-corrected chi connectivity index (χ2v) is 3.61. The SMILES string of the molecule is [c]1ccc(Sc2ccccc2)nc1. The van der Waals surface area contributed by atoms with E-state index in [1.54, 1.807) is 18.0 Å². The number of benzene rings is 1. The van der Waals surface area contributed by atoms with Crippen molar-refractivity contribution in [2.24, 2.45) is 0 Å². The van der Waals surface area contributed by atoms with E-state index in [-0.39, 0.29) is 0 Å². The van der Waals surface area contributed by atoms with Gasteiger partial charge in [-0.1, -0.05) is 36.0 Å². The molecule has 0 unspecified atom stereocenters. The Kier molecular flexibility index (Phi) is 2.62. The van der Waals surface area contributed by atoms with E-state index in [0.29, 0.717) is 0 Å². The van der Waals surface area contributed by atoms with Gasteiger partial charge in [-0.25, -0.2) is 4.98 Å². The van der Waals surface area contributed by atoms with E-state index in [1.165, 1.54) is 4.90 Å². The van der Waals surface area contributed by atoms with Gasteiger partial charge in [-0.05, 0) is 18.2 Å². The number of hydrogen-bond donors (Lipinski definition) is 0. The van der Waals surface area contributed by atoms with Crippen LogP contribution >= 0.6 is 11.8 Å². The van der Waals surface area contributed by atoms with Crippen LogP contribution < -0.4 is 0 Å². The second-order valence-electron chi connectivity index (χ2n) is 2.51. The fraction of sp³-hybridized carbons (Fsp3) is 0. The Morgan fingerprint density at radius 3 is 2.62 bits per heavy atom. The maximum absolute atomic E-state index is 4.18. The van der Waals surface area contributed by atoms with Crippen molar-refractivity contribution in [3.63, 3.8) is 0 Å². The minimum Gasteiger partial charge on any atom is -0.249 e. The average molecular weight is 186 g/mol. The summed E-state index contributed by atoms with van der Waals surface area (Å²) in [5.74, 6) is 0. The van der Waals surface area contributed by atoms with Gasteiger partial charge in [0.2, 0.25) is 0 Å². The van der Waals surface area contributed by atoms with E-state index in [0.717, 1.165) is 5.03 Å². The molecule has 0 atom stereocenters. The van der Waals surface area contributed by atoms with Crippen molar-refractivity contribution in [2.75, 3.05) is 0 Å². The largest absolute Gasteiger partial charge is 0.249 e. The minimum atomic E-state index is 1.00. The molecule has 1 radical (unpaired) electrons. The van der Waals surface area contributed by atoms with Gasteiger partial charge >= 0.3 is 0 Å². The monoisotopic (exact) mass is 186 g/mol. The van der Waals surface area contributed by atoms with Gasteiger partial charge in [-0.15, -0.1) is 0 Å².